The highest BCUT2D eigenvalue weighted by Crippen LogP contribution is 2.19. The van der Waals surface area contributed by atoms with Gasteiger partial charge in [-0.25, -0.2) is 0 Å². The zero-order valence-electron chi connectivity index (χ0n) is 13.2. The molecule has 0 aliphatic heterocycles. The van der Waals surface area contributed by atoms with E-state index in [1.165, 1.54) is 11.3 Å². The molecular weight excluding hydrogens is 312 g/mol. The normalized spacial score (nSPS) is 11.8. The van der Waals surface area contributed by atoms with Crippen LogP contribution in [0.3, 0.4) is 0 Å². The molecule has 1 atom stereocenters. The Morgan fingerprint density at radius 1 is 1.30 bits per heavy atom. The molecule has 0 aliphatic rings. The van der Waals surface area contributed by atoms with Gasteiger partial charge in [0.25, 0.3) is 5.91 Å². The van der Waals surface area contributed by atoms with Crippen molar-refractivity contribution in [2.75, 3.05) is 5.32 Å². The van der Waals surface area contributed by atoms with Crippen LogP contribution in [0.5, 0.6) is 5.75 Å². The van der Waals surface area contributed by atoms with Crippen LogP contribution in [0.4, 0.5) is 5.13 Å². The number of ether oxygens (including phenoxy) is 1. The SMILES string of the molecule is CC(C)Cc1nnc(NC(=O)C(C)Oc2ccc(C#N)cc2)s1. The molecule has 1 amide bonds. The van der Waals surface area contributed by atoms with Gasteiger partial charge in [0, 0.05) is 6.42 Å². The Kier molecular flexibility index (Phi) is 5.66. The summed E-state index contributed by atoms with van der Waals surface area (Å²) in [6, 6.07) is 8.63. The van der Waals surface area contributed by atoms with Crippen molar-refractivity contribution in [3.8, 4) is 11.8 Å². The molecule has 6 nitrogen and oxygen atoms in total. The number of anilines is 1. The first-order chi connectivity index (χ1) is 11.0. The van der Waals surface area contributed by atoms with Gasteiger partial charge in [-0.1, -0.05) is 25.2 Å². The predicted octanol–water partition coefficient (Wildman–Crippen LogP) is 3.01. The van der Waals surface area contributed by atoms with Gasteiger partial charge in [-0.3, -0.25) is 10.1 Å². The van der Waals surface area contributed by atoms with Crippen molar-refractivity contribution in [2.24, 2.45) is 5.92 Å². The lowest BCUT2D eigenvalue weighted by Gasteiger charge is -2.13. The number of hydrogen-bond donors (Lipinski definition) is 1. The van der Waals surface area contributed by atoms with Gasteiger partial charge in [0.2, 0.25) is 5.13 Å². The van der Waals surface area contributed by atoms with Gasteiger partial charge in [-0.05, 0) is 37.1 Å². The fraction of sp³-hybridized carbons (Fsp3) is 0.375. The molecule has 1 N–H and O–H groups in total. The first kappa shape index (κ1) is 16.9. The fourth-order valence-electron chi connectivity index (χ4n) is 1.81. The van der Waals surface area contributed by atoms with Crippen molar-refractivity contribution in [1.82, 2.24) is 10.2 Å². The molecule has 1 unspecified atom stereocenters. The number of benzene rings is 1. The highest BCUT2D eigenvalue weighted by molar-refractivity contribution is 7.15. The van der Waals surface area contributed by atoms with E-state index in [-0.39, 0.29) is 5.91 Å². The zero-order chi connectivity index (χ0) is 16.8. The van der Waals surface area contributed by atoms with Crippen LogP contribution < -0.4 is 10.1 Å². The van der Waals surface area contributed by atoms with E-state index in [2.05, 4.69) is 29.4 Å². The Balaban J connectivity index is 1.91. The van der Waals surface area contributed by atoms with E-state index >= 15 is 0 Å². The number of nitrogens with one attached hydrogen (secondary N) is 1. The summed E-state index contributed by atoms with van der Waals surface area (Å²) < 4.78 is 5.55. The van der Waals surface area contributed by atoms with Crippen molar-refractivity contribution in [3.63, 3.8) is 0 Å². The molecule has 0 saturated heterocycles. The number of carbonyl (C=O) groups excluding carboxylic acids is 1. The minimum Gasteiger partial charge on any atom is -0.481 e. The number of nitrogens with zero attached hydrogens (tertiary/aromatic N) is 3. The predicted molar refractivity (Wildman–Crippen MR) is 88.3 cm³/mol. The summed E-state index contributed by atoms with van der Waals surface area (Å²) in [5, 5.41) is 20.9. The number of amides is 1. The summed E-state index contributed by atoms with van der Waals surface area (Å²) in [4.78, 5) is 12.1. The Morgan fingerprint density at radius 3 is 2.61 bits per heavy atom. The number of aromatic nitrogens is 2. The Morgan fingerprint density at radius 2 is 2.00 bits per heavy atom. The van der Waals surface area contributed by atoms with Gasteiger partial charge in [-0.2, -0.15) is 5.26 Å². The third kappa shape index (κ3) is 5.04. The molecular formula is C16H18N4O2S. The molecule has 2 aromatic rings. The van der Waals surface area contributed by atoms with Crippen LogP contribution in [-0.4, -0.2) is 22.2 Å². The molecule has 2 rings (SSSR count). The summed E-state index contributed by atoms with van der Waals surface area (Å²) in [7, 11) is 0. The lowest BCUT2D eigenvalue weighted by Crippen LogP contribution is -2.30. The second kappa shape index (κ2) is 7.70. The molecule has 1 aromatic heterocycles. The molecule has 0 aliphatic carbocycles. The summed E-state index contributed by atoms with van der Waals surface area (Å²) in [5.74, 6) is 0.733. The maximum Gasteiger partial charge on any atom is 0.266 e. The zero-order valence-corrected chi connectivity index (χ0v) is 14.1. The molecule has 0 radical (unpaired) electrons. The number of carbonyl (C=O) groups is 1. The number of nitriles is 1. The van der Waals surface area contributed by atoms with Crippen LogP contribution >= 0.6 is 11.3 Å². The Hall–Kier alpha value is -2.46. The Bertz CT molecular complexity index is 704. The molecule has 0 bridgehead atoms. The van der Waals surface area contributed by atoms with E-state index in [0.717, 1.165) is 11.4 Å². The van der Waals surface area contributed by atoms with Crippen LogP contribution in [0.25, 0.3) is 0 Å². The highest BCUT2D eigenvalue weighted by atomic mass is 32.1. The topological polar surface area (TPSA) is 87.9 Å². The molecule has 0 saturated carbocycles. The van der Waals surface area contributed by atoms with Gasteiger partial charge >= 0.3 is 0 Å². The molecule has 0 spiro atoms. The summed E-state index contributed by atoms with van der Waals surface area (Å²) in [6.07, 6.45) is 0.158. The molecule has 1 heterocycles. The minimum absolute atomic E-state index is 0.290. The third-order valence-electron chi connectivity index (χ3n) is 2.95. The number of hydrogen-bond acceptors (Lipinski definition) is 6. The van der Waals surface area contributed by atoms with E-state index in [0.29, 0.717) is 22.4 Å². The van der Waals surface area contributed by atoms with Crippen LogP contribution in [0.1, 0.15) is 31.3 Å². The molecule has 7 heteroatoms. The quantitative estimate of drug-likeness (QED) is 0.879. The van der Waals surface area contributed by atoms with Gasteiger partial charge in [0.1, 0.15) is 10.8 Å². The van der Waals surface area contributed by atoms with E-state index in [9.17, 15) is 4.79 Å². The standard InChI is InChI=1S/C16H18N4O2S/c1-10(2)8-14-19-20-16(23-14)18-15(21)11(3)22-13-6-4-12(9-17)5-7-13/h4-7,10-11H,8H2,1-3H3,(H,18,20,21). The number of rotatable bonds is 6. The van der Waals surface area contributed by atoms with E-state index in [4.69, 9.17) is 10.00 Å². The second-order valence-electron chi connectivity index (χ2n) is 5.48. The molecule has 1 aromatic carbocycles. The lowest BCUT2D eigenvalue weighted by molar-refractivity contribution is -0.122. The Labute approximate surface area is 139 Å². The fourth-order valence-corrected chi connectivity index (χ4v) is 2.76. The summed E-state index contributed by atoms with van der Waals surface area (Å²) in [5.41, 5.74) is 0.543. The van der Waals surface area contributed by atoms with Crippen molar-refractivity contribution >= 4 is 22.4 Å². The second-order valence-corrected chi connectivity index (χ2v) is 6.55. The molecule has 120 valence electrons. The summed E-state index contributed by atoms with van der Waals surface area (Å²) >= 11 is 1.37. The van der Waals surface area contributed by atoms with Crippen molar-refractivity contribution in [2.45, 2.75) is 33.3 Å². The lowest BCUT2D eigenvalue weighted by atomic mass is 10.1. The average Bonchev–Trinajstić information content (AvgIpc) is 2.94. The van der Waals surface area contributed by atoms with E-state index in [1.807, 2.05) is 6.07 Å². The van der Waals surface area contributed by atoms with Gasteiger partial charge < -0.3 is 4.74 Å². The molecule has 23 heavy (non-hydrogen) atoms. The van der Waals surface area contributed by atoms with E-state index in [1.54, 1.807) is 31.2 Å². The maximum absolute atomic E-state index is 12.1. The van der Waals surface area contributed by atoms with E-state index < -0.39 is 6.10 Å². The highest BCUT2D eigenvalue weighted by Gasteiger charge is 2.17. The van der Waals surface area contributed by atoms with Crippen molar-refractivity contribution < 1.29 is 9.53 Å². The van der Waals surface area contributed by atoms with Crippen LogP contribution in [-0.2, 0) is 11.2 Å². The van der Waals surface area contributed by atoms with Crippen LogP contribution in [0, 0.1) is 17.2 Å². The maximum atomic E-state index is 12.1. The minimum atomic E-state index is -0.680. The van der Waals surface area contributed by atoms with Gasteiger partial charge in [0.05, 0.1) is 11.6 Å². The van der Waals surface area contributed by atoms with Gasteiger partial charge in [0.15, 0.2) is 6.10 Å². The molecule has 0 fully saturated rings. The third-order valence-corrected chi connectivity index (χ3v) is 3.81. The first-order valence-electron chi connectivity index (χ1n) is 7.28. The average molecular weight is 330 g/mol. The monoisotopic (exact) mass is 330 g/mol. The summed E-state index contributed by atoms with van der Waals surface area (Å²) in [6.45, 7) is 5.86. The van der Waals surface area contributed by atoms with Crippen LogP contribution in [0.15, 0.2) is 24.3 Å². The largest absolute Gasteiger partial charge is 0.481 e. The van der Waals surface area contributed by atoms with Gasteiger partial charge in [-0.15, -0.1) is 10.2 Å². The van der Waals surface area contributed by atoms with Crippen molar-refractivity contribution in [3.05, 3.63) is 34.8 Å². The smallest absolute Gasteiger partial charge is 0.266 e. The van der Waals surface area contributed by atoms with Crippen molar-refractivity contribution in [1.29, 1.82) is 5.26 Å². The van der Waals surface area contributed by atoms with Crippen LogP contribution in [0.2, 0.25) is 0 Å². The first-order valence-corrected chi connectivity index (χ1v) is 8.09.